The lowest BCUT2D eigenvalue weighted by Crippen LogP contribution is -2.02. The van der Waals surface area contributed by atoms with Gasteiger partial charge in [0.25, 0.3) is 4.84 Å². The Kier molecular flexibility index (Phi) is 3.77. The van der Waals surface area contributed by atoms with Gasteiger partial charge in [-0.05, 0) is 24.4 Å². The van der Waals surface area contributed by atoms with Crippen LogP contribution in [0.3, 0.4) is 0 Å². The minimum absolute atomic E-state index is 0.322. The maximum absolute atomic E-state index is 5.64. The second-order valence-corrected chi connectivity index (χ2v) is 4.90. The second kappa shape index (κ2) is 5.73. The molecule has 0 fully saturated rings. The summed E-state index contributed by atoms with van der Waals surface area (Å²) >= 11 is 5.37. The first-order valence-electron chi connectivity index (χ1n) is 6.60. The summed E-state index contributed by atoms with van der Waals surface area (Å²) in [5.41, 5.74) is 2.22. The van der Waals surface area contributed by atoms with Gasteiger partial charge in [0.2, 0.25) is 0 Å². The van der Waals surface area contributed by atoms with Crippen LogP contribution in [0.25, 0.3) is 16.8 Å². The van der Waals surface area contributed by atoms with Crippen LogP contribution in [0.5, 0.6) is 17.2 Å². The Hall–Kier alpha value is -2.47. The Balaban J connectivity index is 2.39. The summed E-state index contributed by atoms with van der Waals surface area (Å²) < 4.78 is 23.7. The van der Waals surface area contributed by atoms with Crippen molar-refractivity contribution in [1.82, 2.24) is 4.57 Å². The van der Waals surface area contributed by atoms with Gasteiger partial charge in [-0.1, -0.05) is 12.1 Å². The molecule has 0 aliphatic heterocycles. The lowest BCUT2D eigenvalue weighted by Gasteiger charge is -2.15. The van der Waals surface area contributed by atoms with E-state index in [1.54, 1.807) is 38.0 Å². The Labute approximate surface area is 132 Å². The predicted octanol–water partition coefficient (Wildman–Crippen LogP) is 3.98. The van der Waals surface area contributed by atoms with Gasteiger partial charge in [-0.15, -0.1) is 0 Å². The maximum Gasteiger partial charge on any atom is 0.274 e. The van der Waals surface area contributed by atoms with Crippen LogP contribution in [0.15, 0.2) is 40.8 Å². The molecule has 0 aliphatic carbocycles. The third-order valence-electron chi connectivity index (χ3n) is 3.40. The molecule has 2 aromatic carbocycles. The fraction of sp³-hybridized carbons (Fsp3) is 0.188. The van der Waals surface area contributed by atoms with E-state index in [9.17, 15) is 0 Å². The van der Waals surface area contributed by atoms with Crippen LogP contribution in [-0.4, -0.2) is 25.9 Å². The van der Waals surface area contributed by atoms with Gasteiger partial charge in [-0.2, -0.15) is 0 Å². The van der Waals surface area contributed by atoms with Gasteiger partial charge < -0.3 is 18.6 Å². The number of nitrogens with zero attached hydrogens (tertiary/aromatic N) is 1. The van der Waals surface area contributed by atoms with Gasteiger partial charge in [0, 0.05) is 12.1 Å². The van der Waals surface area contributed by atoms with E-state index >= 15 is 0 Å². The molecule has 3 aromatic rings. The SMILES string of the molecule is COc1cc(OC)c(-n2c(=S)oc3ccccc32)c(OC)c1. The number of oxazole rings is 1. The molecule has 114 valence electrons. The molecular weight excluding hydrogens is 302 g/mol. The molecule has 0 aliphatic rings. The lowest BCUT2D eigenvalue weighted by atomic mass is 10.2. The van der Waals surface area contributed by atoms with E-state index in [4.69, 9.17) is 30.8 Å². The fourth-order valence-electron chi connectivity index (χ4n) is 2.39. The summed E-state index contributed by atoms with van der Waals surface area (Å²) in [7, 11) is 4.76. The van der Waals surface area contributed by atoms with Crippen molar-refractivity contribution in [3.63, 3.8) is 0 Å². The van der Waals surface area contributed by atoms with Crippen molar-refractivity contribution >= 4 is 23.3 Å². The van der Waals surface area contributed by atoms with Crippen molar-refractivity contribution in [2.24, 2.45) is 0 Å². The first-order valence-corrected chi connectivity index (χ1v) is 7.01. The summed E-state index contributed by atoms with van der Waals surface area (Å²) in [4.78, 5) is 0.322. The molecule has 0 atom stereocenters. The molecule has 0 radical (unpaired) electrons. The van der Waals surface area contributed by atoms with Crippen LogP contribution in [0.2, 0.25) is 0 Å². The zero-order valence-electron chi connectivity index (χ0n) is 12.5. The fourth-order valence-corrected chi connectivity index (χ4v) is 2.67. The number of aromatic nitrogens is 1. The van der Waals surface area contributed by atoms with Crippen LogP contribution < -0.4 is 14.2 Å². The first-order chi connectivity index (χ1) is 10.7. The quantitative estimate of drug-likeness (QED) is 0.681. The summed E-state index contributed by atoms with van der Waals surface area (Å²) in [6.45, 7) is 0. The second-order valence-electron chi connectivity index (χ2n) is 4.55. The van der Waals surface area contributed by atoms with E-state index in [0.717, 1.165) is 5.52 Å². The molecule has 5 nitrogen and oxygen atoms in total. The Morgan fingerprint density at radius 1 is 0.955 bits per heavy atom. The Bertz CT molecular complexity index is 856. The van der Waals surface area contributed by atoms with Gasteiger partial charge in [0.15, 0.2) is 17.1 Å². The molecule has 1 aromatic heterocycles. The summed E-state index contributed by atoms with van der Waals surface area (Å²) in [5, 5.41) is 0. The number of benzene rings is 2. The van der Waals surface area contributed by atoms with Gasteiger partial charge in [-0.3, -0.25) is 4.57 Å². The third kappa shape index (κ3) is 2.21. The van der Waals surface area contributed by atoms with Crippen molar-refractivity contribution in [2.75, 3.05) is 21.3 Å². The van der Waals surface area contributed by atoms with Gasteiger partial charge >= 0.3 is 0 Å². The van der Waals surface area contributed by atoms with Crippen LogP contribution in [0.1, 0.15) is 0 Å². The average Bonchev–Trinajstić information content (AvgIpc) is 2.88. The van der Waals surface area contributed by atoms with Crippen molar-refractivity contribution < 1.29 is 18.6 Å². The van der Waals surface area contributed by atoms with E-state index in [2.05, 4.69) is 0 Å². The Morgan fingerprint density at radius 3 is 2.18 bits per heavy atom. The summed E-state index contributed by atoms with van der Waals surface area (Å²) in [6, 6.07) is 11.2. The maximum atomic E-state index is 5.64. The third-order valence-corrected chi connectivity index (χ3v) is 3.66. The molecular formula is C16H15NO4S. The van der Waals surface area contributed by atoms with Gasteiger partial charge in [0.05, 0.1) is 26.8 Å². The molecule has 0 bridgehead atoms. The zero-order chi connectivity index (χ0) is 15.7. The van der Waals surface area contributed by atoms with Crippen molar-refractivity contribution in [3.8, 4) is 22.9 Å². The van der Waals surface area contributed by atoms with E-state index in [0.29, 0.717) is 33.4 Å². The normalized spacial score (nSPS) is 10.7. The van der Waals surface area contributed by atoms with Crippen molar-refractivity contribution in [3.05, 3.63) is 41.2 Å². The Morgan fingerprint density at radius 2 is 1.59 bits per heavy atom. The minimum Gasteiger partial charge on any atom is -0.496 e. The molecule has 0 spiro atoms. The highest BCUT2D eigenvalue weighted by molar-refractivity contribution is 7.71. The van der Waals surface area contributed by atoms with E-state index in [1.807, 2.05) is 24.3 Å². The van der Waals surface area contributed by atoms with Crippen LogP contribution in [0, 0.1) is 4.84 Å². The topological polar surface area (TPSA) is 45.8 Å². The largest absolute Gasteiger partial charge is 0.496 e. The van der Waals surface area contributed by atoms with Crippen LogP contribution >= 0.6 is 12.2 Å². The molecule has 0 N–H and O–H groups in total. The monoisotopic (exact) mass is 317 g/mol. The molecule has 0 saturated heterocycles. The number of ether oxygens (including phenoxy) is 3. The van der Waals surface area contributed by atoms with E-state index < -0.39 is 0 Å². The van der Waals surface area contributed by atoms with Crippen molar-refractivity contribution in [2.45, 2.75) is 0 Å². The number of para-hydroxylation sites is 2. The van der Waals surface area contributed by atoms with E-state index in [-0.39, 0.29) is 0 Å². The molecule has 0 amide bonds. The minimum atomic E-state index is 0.322. The molecule has 0 unspecified atom stereocenters. The first kappa shape index (κ1) is 14.5. The molecule has 1 heterocycles. The molecule has 6 heteroatoms. The van der Waals surface area contributed by atoms with Crippen LogP contribution in [0.4, 0.5) is 0 Å². The number of rotatable bonds is 4. The number of fused-ring (bicyclic) bond motifs is 1. The zero-order valence-corrected chi connectivity index (χ0v) is 13.3. The predicted molar refractivity (Wildman–Crippen MR) is 86.0 cm³/mol. The molecule has 0 saturated carbocycles. The summed E-state index contributed by atoms with van der Waals surface area (Å²) in [6.07, 6.45) is 0. The standard InChI is InChI=1S/C16H15NO4S/c1-18-10-8-13(19-2)15(14(9-10)20-3)17-11-6-4-5-7-12(11)21-16(17)22/h4-9H,1-3H3. The lowest BCUT2D eigenvalue weighted by molar-refractivity contribution is 0.372. The summed E-state index contributed by atoms with van der Waals surface area (Å²) in [5.74, 6) is 1.80. The van der Waals surface area contributed by atoms with Gasteiger partial charge in [-0.25, -0.2) is 0 Å². The molecule has 3 rings (SSSR count). The highest BCUT2D eigenvalue weighted by Gasteiger charge is 2.19. The number of methoxy groups -OCH3 is 3. The average molecular weight is 317 g/mol. The highest BCUT2D eigenvalue weighted by atomic mass is 32.1. The smallest absolute Gasteiger partial charge is 0.274 e. The number of hydrogen-bond acceptors (Lipinski definition) is 5. The molecule has 22 heavy (non-hydrogen) atoms. The highest BCUT2D eigenvalue weighted by Crippen LogP contribution is 2.39. The van der Waals surface area contributed by atoms with Gasteiger partial charge in [0.1, 0.15) is 11.4 Å². The van der Waals surface area contributed by atoms with E-state index in [1.165, 1.54) is 0 Å². The van der Waals surface area contributed by atoms with Crippen molar-refractivity contribution in [1.29, 1.82) is 0 Å². The number of hydrogen-bond donors (Lipinski definition) is 0. The van der Waals surface area contributed by atoms with Crippen LogP contribution in [-0.2, 0) is 0 Å².